The molecule has 0 fully saturated rings. The summed E-state index contributed by atoms with van der Waals surface area (Å²) >= 11 is 1.49. The van der Waals surface area contributed by atoms with Crippen molar-refractivity contribution < 1.29 is 4.79 Å². The van der Waals surface area contributed by atoms with Gasteiger partial charge >= 0.3 is 0 Å². The van der Waals surface area contributed by atoms with Crippen LogP contribution in [0.5, 0.6) is 0 Å². The summed E-state index contributed by atoms with van der Waals surface area (Å²) in [6.45, 7) is 3.94. The van der Waals surface area contributed by atoms with Crippen molar-refractivity contribution in [2.45, 2.75) is 31.8 Å². The maximum Gasteiger partial charge on any atom is 0.253 e. The molecule has 0 atom stereocenters. The van der Waals surface area contributed by atoms with Gasteiger partial charge in [-0.05, 0) is 44.2 Å². The van der Waals surface area contributed by atoms with E-state index in [1.54, 1.807) is 4.52 Å². The van der Waals surface area contributed by atoms with Gasteiger partial charge in [-0.2, -0.15) is 4.98 Å². The summed E-state index contributed by atoms with van der Waals surface area (Å²) in [4.78, 5) is 21.0. The number of aryl methyl sites for hydroxylation is 2. The van der Waals surface area contributed by atoms with Crippen LogP contribution in [0, 0.1) is 13.8 Å². The number of para-hydroxylation sites is 1. The van der Waals surface area contributed by atoms with Crippen LogP contribution >= 0.6 is 11.8 Å². The summed E-state index contributed by atoms with van der Waals surface area (Å²) in [6.07, 6.45) is 2.95. The Morgan fingerprint density at radius 1 is 1.21 bits per heavy atom. The number of rotatable bonds is 5. The van der Waals surface area contributed by atoms with Gasteiger partial charge < -0.3 is 5.32 Å². The van der Waals surface area contributed by atoms with Gasteiger partial charge in [0.15, 0.2) is 0 Å². The number of hydrogen-bond donors (Lipinski definition) is 1. The second kappa shape index (κ2) is 7.00. The Morgan fingerprint density at radius 3 is 2.67 bits per heavy atom. The highest BCUT2D eigenvalue weighted by Crippen LogP contribution is 2.18. The maximum absolute atomic E-state index is 12.2. The average molecular weight is 341 g/mol. The lowest BCUT2D eigenvalue weighted by Crippen LogP contribution is -2.14. The molecule has 1 N–H and O–H groups in total. The lowest BCUT2D eigenvalue weighted by Gasteiger charge is -2.10. The van der Waals surface area contributed by atoms with Crippen LogP contribution in [-0.2, 0) is 11.2 Å². The molecule has 24 heavy (non-hydrogen) atoms. The van der Waals surface area contributed by atoms with Crippen LogP contribution < -0.4 is 5.32 Å². The Labute approximate surface area is 144 Å². The molecule has 0 aliphatic carbocycles. The Hall–Kier alpha value is -2.41. The number of nitrogens with zero attached hydrogens (tertiary/aromatic N) is 4. The fourth-order valence-electron chi connectivity index (χ4n) is 2.62. The van der Waals surface area contributed by atoms with Crippen LogP contribution in [0.4, 0.5) is 5.69 Å². The molecule has 0 aliphatic rings. The third kappa shape index (κ3) is 3.41. The van der Waals surface area contributed by atoms with Gasteiger partial charge in [-0.25, -0.2) is 9.50 Å². The molecule has 124 valence electrons. The Balaban J connectivity index is 1.76. The van der Waals surface area contributed by atoms with E-state index < -0.39 is 0 Å². The molecule has 0 spiro atoms. The Morgan fingerprint density at radius 2 is 1.96 bits per heavy atom. The smallest absolute Gasteiger partial charge is 0.253 e. The number of hydrogen-bond acceptors (Lipinski definition) is 5. The number of amides is 1. The summed E-state index contributed by atoms with van der Waals surface area (Å²) < 4.78 is 1.75. The van der Waals surface area contributed by atoms with E-state index in [2.05, 4.69) is 20.4 Å². The van der Waals surface area contributed by atoms with Crippen LogP contribution in [0.1, 0.15) is 23.4 Å². The number of carbonyl (C=O) groups excluding carboxylic acids is 1. The molecule has 0 bridgehead atoms. The topological polar surface area (TPSA) is 72.2 Å². The predicted molar refractivity (Wildman–Crippen MR) is 95.4 cm³/mol. The van der Waals surface area contributed by atoms with E-state index in [9.17, 15) is 4.79 Å². The van der Waals surface area contributed by atoms with Crippen molar-refractivity contribution >= 4 is 29.1 Å². The molecule has 7 heteroatoms. The highest BCUT2D eigenvalue weighted by Gasteiger charge is 2.14. The van der Waals surface area contributed by atoms with Gasteiger partial charge in [0.05, 0.1) is 0 Å². The Bertz CT molecular complexity index is 876. The van der Waals surface area contributed by atoms with Crippen LogP contribution in [0.3, 0.4) is 0 Å². The summed E-state index contributed by atoms with van der Waals surface area (Å²) in [7, 11) is 0. The lowest BCUT2D eigenvalue weighted by atomic mass is 10.1. The van der Waals surface area contributed by atoms with E-state index in [1.165, 1.54) is 11.8 Å². The second-order valence-electron chi connectivity index (χ2n) is 5.49. The first-order valence-corrected chi connectivity index (χ1v) is 8.92. The third-order valence-corrected chi connectivity index (χ3v) is 4.41. The number of thioether (sulfide) groups is 1. The molecular formula is C17H19N5OS. The number of aromatic nitrogens is 4. The van der Waals surface area contributed by atoms with Gasteiger partial charge in [0.2, 0.25) is 11.1 Å². The van der Waals surface area contributed by atoms with Crippen molar-refractivity contribution in [1.82, 2.24) is 19.6 Å². The number of nitrogens with one attached hydrogen (secondary N) is 1. The average Bonchev–Trinajstić information content (AvgIpc) is 2.99. The molecule has 0 saturated heterocycles. The quantitative estimate of drug-likeness (QED) is 0.722. The second-order valence-corrected chi connectivity index (χ2v) is 6.26. The third-order valence-electron chi connectivity index (χ3n) is 3.87. The molecule has 0 saturated carbocycles. The number of benzene rings is 1. The zero-order chi connectivity index (χ0) is 17.1. The molecule has 1 amide bonds. The van der Waals surface area contributed by atoms with Gasteiger partial charge in [-0.1, -0.05) is 30.0 Å². The molecule has 6 nitrogen and oxygen atoms in total. The van der Waals surface area contributed by atoms with Crippen LogP contribution in [0.15, 0.2) is 35.5 Å². The molecule has 0 unspecified atom stereocenters. The summed E-state index contributed by atoms with van der Waals surface area (Å²) in [6, 6.07) is 9.47. The van der Waals surface area contributed by atoms with Gasteiger partial charge in [0.25, 0.3) is 5.78 Å². The van der Waals surface area contributed by atoms with Crippen molar-refractivity contribution in [1.29, 1.82) is 0 Å². The standard InChI is InChI=1S/C17H19N5OS/c1-11-14(9-10-15(23)19-13-7-5-4-6-8-13)12(2)22-16(18-11)20-17(21-22)24-3/h4-8H,9-10H2,1-3H3,(H,19,23). The summed E-state index contributed by atoms with van der Waals surface area (Å²) in [5, 5.41) is 8.03. The van der Waals surface area contributed by atoms with E-state index in [-0.39, 0.29) is 5.91 Å². The molecular weight excluding hydrogens is 322 g/mol. The molecule has 0 aliphatic heterocycles. The van der Waals surface area contributed by atoms with Gasteiger partial charge in [-0.15, -0.1) is 5.10 Å². The van der Waals surface area contributed by atoms with Crippen molar-refractivity contribution in [2.24, 2.45) is 0 Å². The molecule has 0 radical (unpaired) electrons. The van der Waals surface area contributed by atoms with E-state index in [0.717, 1.165) is 22.6 Å². The minimum absolute atomic E-state index is 0.0107. The number of fused-ring (bicyclic) bond motifs is 1. The number of anilines is 1. The lowest BCUT2D eigenvalue weighted by molar-refractivity contribution is -0.116. The first-order valence-electron chi connectivity index (χ1n) is 7.70. The van der Waals surface area contributed by atoms with E-state index in [4.69, 9.17) is 0 Å². The fourth-order valence-corrected chi connectivity index (χ4v) is 2.96. The molecule has 2 aromatic heterocycles. The highest BCUT2D eigenvalue weighted by molar-refractivity contribution is 7.98. The van der Waals surface area contributed by atoms with E-state index in [1.807, 2.05) is 50.4 Å². The fraction of sp³-hybridized carbons (Fsp3) is 0.294. The minimum atomic E-state index is -0.0107. The van der Waals surface area contributed by atoms with E-state index in [0.29, 0.717) is 23.8 Å². The van der Waals surface area contributed by atoms with E-state index >= 15 is 0 Å². The van der Waals surface area contributed by atoms with Crippen molar-refractivity contribution in [3.63, 3.8) is 0 Å². The van der Waals surface area contributed by atoms with Crippen LogP contribution in [-0.4, -0.2) is 31.7 Å². The van der Waals surface area contributed by atoms with Crippen LogP contribution in [0.2, 0.25) is 0 Å². The van der Waals surface area contributed by atoms with Gasteiger partial charge in [-0.3, -0.25) is 4.79 Å². The predicted octanol–water partition coefficient (Wildman–Crippen LogP) is 3.03. The normalized spacial score (nSPS) is 11.0. The molecule has 2 heterocycles. The largest absolute Gasteiger partial charge is 0.326 e. The zero-order valence-corrected chi connectivity index (χ0v) is 14.7. The maximum atomic E-state index is 12.2. The molecule has 3 rings (SSSR count). The first kappa shape index (κ1) is 16.4. The van der Waals surface area contributed by atoms with Gasteiger partial charge in [0.1, 0.15) is 0 Å². The zero-order valence-electron chi connectivity index (χ0n) is 13.9. The van der Waals surface area contributed by atoms with Crippen molar-refractivity contribution in [2.75, 3.05) is 11.6 Å². The van der Waals surface area contributed by atoms with Crippen molar-refractivity contribution in [3.8, 4) is 0 Å². The van der Waals surface area contributed by atoms with Crippen molar-refractivity contribution in [3.05, 3.63) is 47.3 Å². The molecule has 3 aromatic rings. The Kier molecular flexibility index (Phi) is 4.80. The molecule has 1 aromatic carbocycles. The highest BCUT2D eigenvalue weighted by atomic mass is 32.2. The minimum Gasteiger partial charge on any atom is -0.326 e. The summed E-state index contributed by atoms with van der Waals surface area (Å²) in [5.41, 5.74) is 3.74. The number of carbonyl (C=O) groups is 1. The van der Waals surface area contributed by atoms with Crippen LogP contribution in [0.25, 0.3) is 5.78 Å². The first-order chi connectivity index (χ1) is 11.6. The SMILES string of the molecule is CSc1nc2nc(C)c(CCC(=O)Nc3ccccc3)c(C)n2n1. The monoisotopic (exact) mass is 341 g/mol. The van der Waals surface area contributed by atoms with Gasteiger partial charge in [0, 0.05) is 23.5 Å². The summed E-state index contributed by atoms with van der Waals surface area (Å²) in [5.74, 6) is 0.593.